The number of benzene rings is 2. The van der Waals surface area contributed by atoms with Gasteiger partial charge in [0, 0.05) is 26.5 Å². The van der Waals surface area contributed by atoms with Gasteiger partial charge in [0.2, 0.25) is 0 Å². The highest BCUT2D eigenvalue weighted by Gasteiger charge is 2.11. The molecule has 2 aromatic heterocycles. The molecular weight excluding hydrogens is 443 g/mol. The van der Waals surface area contributed by atoms with E-state index in [9.17, 15) is 4.39 Å². The Balaban J connectivity index is 1.54. The zero-order valence-electron chi connectivity index (χ0n) is 14.9. The second-order valence-electron chi connectivity index (χ2n) is 6.05. The van der Waals surface area contributed by atoms with Gasteiger partial charge in [-0.1, -0.05) is 22.0 Å². The number of imidazole rings is 1. The van der Waals surface area contributed by atoms with Gasteiger partial charge in [-0.15, -0.1) is 0 Å². The Morgan fingerprint density at radius 3 is 2.75 bits per heavy atom. The second-order valence-corrected chi connectivity index (χ2v) is 7.74. The minimum atomic E-state index is -0.316. The average Bonchev–Trinajstić information content (AvgIpc) is 3.39. The number of hydrogen-bond donors (Lipinski definition) is 1. The van der Waals surface area contributed by atoms with Crippen LogP contribution in [0.1, 0.15) is 5.56 Å². The second kappa shape index (κ2) is 8.16. The van der Waals surface area contributed by atoms with Crippen molar-refractivity contribution in [2.75, 3.05) is 7.11 Å². The number of nitrogens with one attached hydrogen (secondary N) is 1. The van der Waals surface area contributed by atoms with Gasteiger partial charge < -0.3 is 14.5 Å². The summed E-state index contributed by atoms with van der Waals surface area (Å²) in [6.45, 7) is 0.112. The normalized spacial score (nSPS) is 10.8. The van der Waals surface area contributed by atoms with E-state index in [1.165, 1.54) is 6.07 Å². The maximum atomic E-state index is 14.0. The molecule has 1 N–H and O–H groups in total. The molecule has 0 saturated carbocycles. The summed E-state index contributed by atoms with van der Waals surface area (Å²) in [6.07, 6.45) is 1.79. The molecule has 4 aromatic rings. The topological polar surface area (TPSA) is 47.1 Å². The molecule has 28 heavy (non-hydrogen) atoms. The van der Waals surface area contributed by atoms with Gasteiger partial charge in [0.1, 0.15) is 18.2 Å². The maximum Gasteiger partial charge on any atom is 0.161 e. The van der Waals surface area contributed by atoms with E-state index < -0.39 is 0 Å². The highest BCUT2D eigenvalue weighted by Crippen LogP contribution is 2.33. The lowest BCUT2D eigenvalue weighted by Gasteiger charge is -2.12. The summed E-state index contributed by atoms with van der Waals surface area (Å²) >= 11 is 4.88. The Morgan fingerprint density at radius 1 is 1.11 bits per heavy atom. The molecule has 0 bridgehead atoms. The summed E-state index contributed by atoms with van der Waals surface area (Å²) in [6, 6.07) is 12.5. The van der Waals surface area contributed by atoms with E-state index in [0.29, 0.717) is 21.5 Å². The lowest BCUT2D eigenvalue weighted by molar-refractivity contribution is 0.280. The van der Waals surface area contributed by atoms with Crippen LogP contribution in [0.4, 0.5) is 4.39 Å². The first-order valence-electron chi connectivity index (χ1n) is 8.47. The van der Waals surface area contributed by atoms with Crippen molar-refractivity contribution in [2.24, 2.45) is 0 Å². The molecule has 0 atom stereocenters. The van der Waals surface area contributed by atoms with Gasteiger partial charge in [0.15, 0.2) is 11.5 Å². The summed E-state index contributed by atoms with van der Waals surface area (Å²) in [5.41, 5.74) is 3.33. The van der Waals surface area contributed by atoms with Crippen molar-refractivity contribution in [3.63, 3.8) is 0 Å². The number of nitrogens with zero attached hydrogens (tertiary/aromatic N) is 1. The van der Waals surface area contributed by atoms with E-state index in [2.05, 4.69) is 25.9 Å². The van der Waals surface area contributed by atoms with E-state index in [1.807, 2.05) is 35.0 Å². The van der Waals surface area contributed by atoms with Crippen LogP contribution < -0.4 is 9.47 Å². The Hall–Kier alpha value is -2.64. The van der Waals surface area contributed by atoms with Crippen molar-refractivity contribution in [2.45, 2.75) is 6.61 Å². The van der Waals surface area contributed by atoms with E-state index in [1.54, 1.807) is 36.8 Å². The zero-order valence-corrected chi connectivity index (χ0v) is 17.3. The first kappa shape index (κ1) is 18.7. The number of hydrogen-bond acceptors (Lipinski definition) is 4. The Bertz CT molecular complexity index is 1100. The molecule has 4 rings (SSSR count). The SMILES string of the molecule is COc1cc(-c2cnc(-c3ccsc3)[nH]2)ccc1OCc1ccc(Br)cc1F. The molecule has 0 aliphatic heterocycles. The van der Waals surface area contributed by atoms with Gasteiger partial charge in [0.05, 0.1) is 19.0 Å². The molecule has 0 unspecified atom stereocenters. The molecule has 7 heteroatoms. The van der Waals surface area contributed by atoms with Crippen molar-refractivity contribution < 1.29 is 13.9 Å². The molecule has 0 fully saturated rings. The number of rotatable bonds is 6. The molecule has 0 spiro atoms. The highest BCUT2D eigenvalue weighted by atomic mass is 79.9. The number of aromatic nitrogens is 2. The van der Waals surface area contributed by atoms with Gasteiger partial charge in [-0.3, -0.25) is 0 Å². The first-order valence-corrected chi connectivity index (χ1v) is 10.2. The summed E-state index contributed by atoms with van der Waals surface area (Å²) < 4.78 is 25.9. The third kappa shape index (κ3) is 3.95. The molecule has 0 amide bonds. The number of aromatic amines is 1. The predicted molar refractivity (Wildman–Crippen MR) is 112 cm³/mol. The largest absolute Gasteiger partial charge is 0.493 e. The zero-order chi connectivity index (χ0) is 19.5. The van der Waals surface area contributed by atoms with Crippen molar-refractivity contribution >= 4 is 27.3 Å². The Labute approximate surface area is 174 Å². The molecule has 142 valence electrons. The van der Waals surface area contributed by atoms with Crippen LogP contribution in [0.15, 0.2) is 63.9 Å². The van der Waals surface area contributed by atoms with Gasteiger partial charge in [-0.2, -0.15) is 11.3 Å². The fourth-order valence-electron chi connectivity index (χ4n) is 2.76. The first-order chi connectivity index (χ1) is 13.6. The summed E-state index contributed by atoms with van der Waals surface area (Å²) in [7, 11) is 1.58. The van der Waals surface area contributed by atoms with E-state index in [0.717, 1.165) is 22.6 Å². The van der Waals surface area contributed by atoms with Gasteiger partial charge >= 0.3 is 0 Å². The quantitative estimate of drug-likeness (QED) is 0.369. The van der Waals surface area contributed by atoms with Gasteiger partial charge in [-0.25, -0.2) is 9.37 Å². The molecule has 0 saturated heterocycles. The molecule has 0 aliphatic carbocycles. The maximum absolute atomic E-state index is 14.0. The third-order valence-corrected chi connectivity index (χ3v) is 5.42. The van der Waals surface area contributed by atoms with Crippen LogP contribution in [-0.2, 0) is 6.61 Å². The minimum Gasteiger partial charge on any atom is -0.493 e. The number of H-pyrrole nitrogens is 1. The van der Waals surface area contributed by atoms with Crippen molar-refractivity contribution in [1.29, 1.82) is 0 Å². The number of methoxy groups -OCH3 is 1. The van der Waals surface area contributed by atoms with Crippen LogP contribution in [0.5, 0.6) is 11.5 Å². The Kier molecular flexibility index (Phi) is 5.45. The monoisotopic (exact) mass is 458 g/mol. The molecule has 2 heterocycles. The summed E-state index contributed by atoms with van der Waals surface area (Å²) in [4.78, 5) is 7.76. The van der Waals surface area contributed by atoms with E-state index in [-0.39, 0.29) is 12.4 Å². The smallest absolute Gasteiger partial charge is 0.161 e. The molecular formula is C21H16BrFN2O2S. The van der Waals surface area contributed by atoms with E-state index >= 15 is 0 Å². The van der Waals surface area contributed by atoms with Crippen LogP contribution in [0.3, 0.4) is 0 Å². The van der Waals surface area contributed by atoms with E-state index in [4.69, 9.17) is 9.47 Å². The van der Waals surface area contributed by atoms with Crippen LogP contribution in [-0.4, -0.2) is 17.1 Å². The third-order valence-electron chi connectivity index (χ3n) is 4.24. The van der Waals surface area contributed by atoms with Crippen LogP contribution in [0, 0.1) is 5.82 Å². The number of halogens is 2. The lowest BCUT2D eigenvalue weighted by Crippen LogP contribution is -2.00. The standard InChI is InChI=1S/C21H16BrFN2O2S/c1-26-20-8-13(18-10-24-21(25-18)15-6-7-28-12-15)3-5-19(20)27-11-14-2-4-16(22)9-17(14)23/h2-10,12H,11H2,1H3,(H,24,25). The number of ether oxygens (including phenoxy) is 2. The van der Waals surface area contributed by atoms with Crippen LogP contribution in [0.25, 0.3) is 22.6 Å². The van der Waals surface area contributed by atoms with Crippen LogP contribution >= 0.6 is 27.3 Å². The fourth-order valence-corrected chi connectivity index (χ4v) is 3.74. The molecule has 4 nitrogen and oxygen atoms in total. The van der Waals surface area contributed by atoms with Crippen molar-refractivity contribution in [1.82, 2.24) is 9.97 Å². The lowest BCUT2D eigenvalue weighted by atomic mass is 10.1. The minimum absolute atomic E-state index is 0.112. The Morgan fingerprint density at radius 2 is 2.00 bits per heavy atom. The number of thiophene rings is 1. The molecule has 0 radical (unpaired) electrons. The fraction of sp³-hybridized carbons (Fsp3) is 0.0952. The van der Waals surface area contributed by atoms with Crippen molar-refractivity contribution in [3.05, 3.63) is 75.3 Å². The highest BCUT2D eigenvalue weighted by molar-refractivity contribution is 9.10. The van der Waals surface area contributed by atoms with Gasteiger partial charge in [0.25, 0.3) is 0 Å². The predicted octanol–water partition coefficient (Wildman–Crippen LogP) is 6.29. The van der Waals surface area contributed by atoms with Crippen molar-refractivity contribution in [3.8, 4) is 34.1 Å². The summed E-state index contributed by atoms with van der Waals surface area (Å²) in [5, 5.41) is 4.06. The van der Waals surface area contributed by atoms with Gasteiger partial charge in [-0.05, 0) is 41.8 Å². The average molecular weight is 459 g/mol. The molecule has 0 aliphatic rings. The van der Waals surface area contributed by atoms with Crippen LogP contribution in [0.2, 0.25) is 0 Å². The molecule has 2 aromatic carbocycles. The summed E-state index contributed by atoms with van der Waals surface area (Å²) in [5.74, 6) is 1.62.